The number of carbonyl (C=O) groups is 1. The number of primary amides is 1. The van der Waals surface area contributed by atoms with Gasteiger partial charge in [-0.3, -0.25) is 4.79 Å². The van der Waals surface area contributed by atoms with E-state index in [0.717, 1.165) is 23.2 Å². The molecule has 0 atom stereocenters. The molecule has 5 heteroatoms. The zero-order valence-corrected chi connectivity index (χ0v) is 14.9. The molecular formula is C16H26BrN3O. The number of benzene rings is 1. The molecule has 1 aromatic rings. The number of carbonyl (C=O) groups excluding carboxylic acids is 1. The van der Waals surface area contributed by atoms with Gasteiger partial charge in [0.05, 0.1) is 6.54 Å². The lowest BCUT2D eigenvalue weighted by atomic mass is 10.1. The number of nitrogens with two attached hydrogens (primary N) is 1. The Morgan fingerprint density at radius 2 is 2.00 bits per heavy atom. The highest BCUT2D eigenvalue weighted by Gasteiger charge is 2.14. The van der Waals surface area contributed by atoms with Crippen molar-refractivity contribution >= 4 is 27.5 Å². The summed E-state index contributed by atoms with van der Waals surface area (Å²) in [4.78, 5) is 13.2. The first-order valence-electron chi connectivity index (χ1n) is 7.35. The van der Waals surface area contributed by atoms with E-state index in [-0.39, 0.29) is 18.5 Å². The summed E-state index contributed by atoms with van der Waals surface area (Å²) < 4.78 is 1.05. The molecule has 1 rings (SSSR count). The zero-order valence-electron chi connectivity index (χ0n) is 13.3. The van der Waals surface area contributed by atoms with Gasteiger partial charge in [-0.1, -0.05) is 35.8 Å². The summed E-state index contributed by atoms with van der Waals surface area (Å²) in [5, 5.41) is 3.43. The van der Waals surface area contributed by atoms with Gasteiger partial charge < -0.3 is 16.0 Å². The van der Waals surface area contributed by atoms with Crippen molar-refractivity contribution in [1.29, 1.82) is 0 Å². The minimum Gasteiger partial charge on any atom is -0.368 e. The van der Waals surface area contributed by atoms with Crippen molar-refractivity contribution in [3.05, 3.63) is 28.2 Å². The third-order valence-electron chi connectivity index (χ3n) is 3.19. The Kier molecular flexibility index (Phi) is 7.18. The van der Waals surface area contributed by atoms with E-state index in [4.69, 9.17) is 5.73 Å². The average molecular weight is 356 g/mol. The number of anilines is 1. The Labute approximate surface area is 136 Å². The van der Waals surface area contributed by atoms with Gasteiger partial charge in [0.15, 0.2) is 0 Å². The number of nitrogens with zero attached hydrogens (tertiary/aromatic N) is 1. The molecule has 0 heterocycles. The third-order valence-corrected chi connectivity index (χ3v) is 3.92. The maximum Gasteiger partial charge on any atom is 0.236 e. The van der Waals surface area contributed by atoms with Crippen LogP contribution in [0.5, 0.6) is 0 Å². The van der Waals surface area contributed by atoms with Gasteiger partial charge in [0, 0.05) is 22.7 Å². The summed E-state index contributed by atoms with van der Waals surface area (Å²) in [7, 11) is 0. The summed E-state index contributed by atoms with van der Waals surface area (Å²) in [6.45, 7) is 10.5. The molecule has 0 saturated carbocycles. The second-order valence-corrected chi connectivity index (χ2v) is 6.84. The molecule has 0 unspecified atom stereocenters. The normalized spacial score (nSPS) is 11.2. The summed E-state index contributed by atoms with van der Waals surface area (Å²) in [6, 6.07) is 6.40. The van der Waals surface area contributed by atoms with E-state index in [9.17, 15) is 4.79 Å². The van der Waals surface area contributed by atoms with Gasteiger partial charge in [0.1, 0.15) is 0 Å². The largest absolute Gasteiger partial charge is 0.368 e. The molecule has 1 amide bonds. The lowest BCUT2D eigenvalue weighted by Crippen LogP contribution is -2.38. The SMILES string of the molecule is CC(C)CNCc1ccc(N(CC(N)=O)C(C)C)cc1Br. The van der Waals surface area contributed by atoms with Gasteiger partial charge >= 0.3 is 0 Å². The van der Waals surface area contributed by atoms with Crippen molar-refractivity contribution < 1.29 is 4.79 Å². The van der Waals surface area contributed by atoms with Crippen molar-refractivity contribution in [3.8, 4) is 0 Å². The first-order valence-corrected chi connectivity index (χ1v) is 8.14. The monoisotopic (exact) mass is 355 g/mol. The number of hydrogen-bond donors (Lipinski definition) is 2. The molecule has 0 aliphatic rings. The van der Waals surface area contributed by atoms with E-state index >= 15 is 0 Å². The third kappa shape index (κ3) is 6.06. The van der Waals surface area contributed by atoms with E-state index in [2.05, 4.69) is 61.1 Å². The fraction of sp³-hybridized carbons (Fsp3) is 0.562. The van der Waals surface area contributed by atoms with E-state index in [0.29, 0.717) is 5.92 Å². The fourth-order valence-corrected chi connectivity index (χ4v) is 2.60. The maximum atomic E-state index is 11.2. The Hall–Kier alpha value is -1.07. The van der Waals surface area contributed by atoms with Crippen LogP contribution in [-0.4, -0.2) is 25.0 Å². The first-order chi connectivity index (χ1) is 9.81. The molecule has 118 valence electrons. The van der Waals surface area contributed by atoms with Crippen LogP contribution in [0.3, 0.4) is 0 Å². The highest BCUT2D eigenvalue weighted by atomic mass is 79.9. The van der Waals surface area contributed by atoms with Gasteiger partial charge in [-0.05, 0) is 44.0 Å². The summed E-state index contributed by atoms with van der Waals surface area (Å²) >= 11 is 3.62. The van der Waals surface area contributed by atoms with Gasteiger partial charge in [-0.2, -0.15) is 0 Å². The molecule has 0 fully saturated rings. The molecule has 0 aliphatic heterocycles. The molecule has 3 N–H and O–H groups in total. The lowest BCUT2D eigenvalue weighted by molar-refractivity contribution is -0.116. The van der Waals surface area contributed by atoms with E-state index < -0.39 is 0 Å². The molecule has 4 nitrogen and oxygen atoms in total. The van der Waals surface area contributed by atoms with Crippen molar-refractivity contribution in [2.45, 2.75) is 40.3 Å². The van der Waals surface area contributed by atoms with Crippen molar-refractivity contribution in [2.24, 2.45) is 11.7 Å². The summed E-state index contributed by atoms with van der Waals surface area (Å²) in [5.74, 6) is 0.317. The molecule has 0 radical (unpaired) electrons. The van der Waals surface area contributed by atoms with Gasteiger partial charge in [0.25, 0.3) is 0 Å². The van der Waals surface area contributed by atoms with Crippen LogP contribution in [0, 0.1) is 5.92 Å². The maximum absolute atomic E-state index is 11.2. The molecule has 0 aliphatic carbocycles. The van der Waals surface area contributed by atoms with Crippen LogP contribution >= 0.6 is 15.9 Å². The topological polar surface area (TPSA) is 58.4 Å². The summed E-state index contributed by atoms with van der Waals surface area (Å²) in [6.07, 6.45) is 0. The Bertz CT molecular complexity index is 475. The lowest BCUT2D eigenvalue weighted by Gasteiger charge is -2.28. The highest BCUT2D eigenvalue weighted by Crippen LogP contribution is 2.25. The number of rotatable bonds is 8. The second kappa shape index (κ2) is 8.39. The van der Waals surface area contributed by atoms with Crippen molar-refractivity contribution in [2.75, 3.05) is 18.0 Å². The van der Waals surface area contributed by atoms with Crippen LogP contribution in [0.4, 0.5) is 5.69 Å². The average Bonchev–Trinajstić information content (AvgIpc) is 2.37. The quantitative estimate of drug-likeness (QED) is 0.753. The van der Waals surface area contributed by atoms with Gasteiger partial charge in [0.2, 0.25) is 5.91 Å². The molecule has 0 saturated heterocycles. The van der Waals surface area contributed by atoms with Crippen LogP contribution in [0.15, 0.2) is 22.7 Å². The van der Waals surface area contributed by atoms with Crippen LogP contribution in [0.2, 0.25) is 0 Å². The smallest absolute Gasteiger partial charge is 0.236 e. The Balaban J connectivity index is 2.81. The van der Waals surface area contributed by atoms with Crippen molar-refractivity contribution in [3.63, 3.8) is 0 Å². The van der Waals surface area contributed by atoms with Gasteiger partial charge in [-0.25, -0.2) is 0 Å². The fourth-order valence-electron chi connectivity index (χ4n) is 2.09. The van der Waals surface area contributed by atoms with Crippen LogP contribution in [-0.2, 0) is 11.3 Å². The predicted octanol–water partition coefficient (Wildman–Crippen LogP) is 2.89. The van der Waals surface area contributed by atoms with Crippen LogP contribution in [0.25, 0.3) is 0 Å². The number of halogens is 1. The molecular weight excluding hydrogens is 330 g/mol. The molecule has 0 spiro atoms. The molecule has 21 heavy (non-hydrogen) atoms. The van der Waals surface area contributed by atoms with E-state index in [1.807, 2.05) is 11.0 Å². The Morgan fingerprint density at radius 3 is 2.48 bits per heavy atom. The van der Waals surface area contributed by atoms with Crippen LogP contribution in [0.1, 0.15) is 33.3 Å². The standard InChI is InChI=1S/C16H26BrN3O/c1-11(2)8-19-9-13-5-6-14(7-15(13)17)20(12(3)4)10-16(18)21/h5-7,11-12,19H,8-10H2,1-4H3,(H2,18,21). The Morgan fingerprint density at radius 1 is 1.33 bits per heavy atom. The minimum absolute atomic E-state index is 0.217. The predicted molar refractivity (Wildman–Crippen MR) is 92.4 cm³/mol. The van der Waals surface area contributed by atoms with E-state index in [1.165, 1.54) is 5.56 Å². The molecule has 1 aromatic carbocycles. The number of hydrogen-bond acceptors (Lipinski definition) is 3. The van der Waals surface area contributed by atoms with Crippen LogP contribution < -0.4 is 16.0 Å². The first kappa shape index (κ1) is 18.0. The zero-order chi connectivity index (χ0) is 16.0. The number of amides is 1. The highest BCUT2D eigenvalue weighted by molar-refractivity contribution is 9.10. The van der Waals surface area contributed by atoms with E-state index in [1.54, 1.807) is 0 Å². The summed E-state index contributed by atoms with van der Waals surface area (Å²) in [5.41, 5.74) is 7.54. The second-order valence-electron chi connectivity index (χ2n) is 5.99. The minimum atomic E-state index is -0.317. The molecule has 0 bridgehead atoms. The number of nitrogens with one attached hydrogen (secondary N) is 1. The van der Waals surface area contributed by atoms with Gasteiger partial charge in [-0.15, -0.1) is 0 Å². The molecule has 0 aromatic heterocycles. The van der Waals surface area contributed by atoms with Crippen molar-refractivity contribution in [1.82, 2.24) is 5.32 Å².